The molecule has 0 radical (unpaired) electrons. The Kier molecular flexibility index (Phi) is 3.43. The van der Waals surface area contributed by atoms with E-state index in [1.807, 2.05) is 0 Å². The first kappa shape index (κ1) is 12.2. The maximum absolute atomic E-state index is 3.90. The van der Waals surface area contributed by atoms with Crippen LogP contribution in [0.4, 0.5) is 0 Å². The maximum Gasteiger partial charge on any atom is 0.0325 e. The Hall–Kier alpha value is -0.820. The van der Waals surface area contributed by atoms with Crippen LogP contribution >= 0.6 is 0 Å². The summed E-state index contributed by atoms with van der Waals surface area (Å²) in [5, 5.41) is 3.90. The van der Waals surface area contributed by atoms with Gasteiger partial charge in [-0.25, -0.2) is 0 Å². The Morgan fingerprint density at radius 2 is 1.94 bits per heavy atom. The molecule has 1 atom stereocenters. The average Bonchev–Trinajstić information content (AvgIpc) is 2.33. The number of hydrogen-bond acceptors (Lipinski definition) is 1. The highest BCUT2D eigenvalue weighted by atomic mass is 15.0. The highest BCUT2D eigenvalue weighted by Gasteiger charge is 2.33. The molecule has 0 amide bonds. The normalized spacial score (nSPS) is 30.9. The van der Waals surface area contributed by atoms with Gasteiger partial charge in [-0.3, -0.25) is 0 Å². The Bertz CT molecular complexity index is 404. The molecule has 0 bridgehead atoms. The first-order valence-corrected chi connectivity index (χ1v) is 7.58. The Morgan fingerprint density at radius 1 is 1.17 bits per heavy atom. The van der Waals surface area contributed by atoms with Gasteiger partial charge in [-0.2, -0.15) is 0 Å². The van der Waals surface area contributed by atoms with Crippen LogP contribution in [0, 0.1) is 11.8 Å². The fraction of sp³-hybridized carbons (Fsp3) is 0.647. The zero-order valence-corrected chi connectivity index (χ0v) is 11.7. The second-order valence-electron chi connectivity index (χ2n) is 6.48. The zero-order valence-electron chi connectivity index (χ0n) is 11.7. The maximum atomic E-state index is 3.90. The number of fused-ring (bicyclic) bond motifs is 1. The van der Waals surface area contributed by atoms with Gasteiger partial charge in [-0.15, -0.1) is 0 Å². The van der Waals surface area contributed by atoms with Crippen LogP contribution in [0.2, 0.25) is 0 Å². The fourth-order valence-electron chi connectivity index (χ4n) is 3.55. The number of rotatable bonds is 3. The molecule has 1 aromatic rings. The smallest absolute Gasteiger partial charge is 0.0325 e. The minimum Gasteiger partial charge on any atom is -0.307 e. The minimum absolute atomic E-state index is 0.619. The molecule has 1 fully saturated rings. The van der Waals surface area contributed by atoms with E-state index in [1.54, 1.807) is 11.1 Å². The molecule has 0 heterocycles. The van der Waals surface area contributed by atoms with Crippen LogP contribution in [0.15, 0.2) is 24.3 Å². The lowest BCUT2D eigenvalue weighted by Crippen LogP contribution is -2.45. The second-order valence-corrected chi connectivity index (χ2v) is 6.48. The van der Waals surface area contributed by atoms with Crippen molar-refractivity contribution in [1.82, 2.24) is 5.32 Å². The predicted octanol–water partition coefficient (Wildman–Crippen LogP) is 4.09. The van der Waals surface area contributed by atoms with Crippen molar-refractivity contribution in [3.05, 3.63) is 35.4 Å². The third kappa shape index (κ3) is 2.33. The molecule has 0 aromatic heterocycles. The summed E-state index contributed by atoms with van der Waals surface area (Å²) < 4.78 is 0. The molecule has 0 aliphatic heterocycles. The van der Waals surface area contributed by atoms with Gasteiger partial charge in [0.05, 0.1) is 0 Å². The molecule has 1 saturated carbocycles. The van der Waals surface area contributed by atoms with Gasteiger partial charge < -0.3 is 5.32 Å². The van der Waals surface area contributed by atoms with Crippen molar-refractivity contribution < 1.29 is 0 Å². The summed E-state index contributed by atoms with van der Waals surface area (Å²) in [7, 11) is 0. The van der Waals surface area contributed by atoms with Gasteiger partial charge in [-0.05, 0) is 55.1 Å². The van der Waals surface area contributed by atoms with E-state index in [2.05, 4.69) is 43.4 Å². The number of nitrogens with one attached hydrogen (secondary N) is 1. The van der Waals surface area contributed by atoms with E-state index in [-0.39, 0.29) is 0 Å². The molecular weight excluding hydrogens is 218 g/mol. The summed E-state index contributed by atoms with van der Waals surface area (Å²) in [6, 6.07) is 10.4. The summed E-state index contributed by atoms with van der Waals surface area (Å²) in [6.45, 7) is 4.72. The van der Waals surface area contributed by atoms with Crippen LogP contribution in [0.3, 0.4) is 0 Å². The molecular formula is C17H25N. The third-order valence-corrected chi connectivity index (χ3v) is 4.92. The molecule has 2 aliphatic rings. The van der Waals surface area contributed by atoms with Gasteiger partial charge in [0.2, 0.25) is 0 Å². The summed E-state index contributed by atoms with van der Waals surface area (Å²) in [6.07, 6.45) is 6.70. The van der Waals surface area contributed by atoms with E-state index >= 15 is 0 Å². The number of aryl methyl sites for hydroxylation is 1. The standard InChI is InChI=1S/C17H25N/c1-12(2)14-10-15(11-14)18-17-9-5-7-13-6-3-4-8-16(13)17/h3-4,6,8,12,14-15,17-18H,5,7,9-11H2,1-2H3. The number of hydrogen-bond donors (Lipinski definition) is 1. The first-order chi connectivity index (χ1) is 8.74. The van der Waals surface area contributed by atoms with E-state index < -0.39 is 0 Å². The summed E-state index contributed by atoms with van der Waals surface area (Å²) in [5.74, 6) is 1.82. The van der Waals surface area contributed by atoms with Crippen molar-refractivity contribution in [3.8, 4) is 0 Å². The van der Waals surface area contributed by atoms with Crippen molar-refractivity contribution in [2.24, 2.45) is 11.8 Å². The topological polar surface area (TPSA) is 12.0 Å². The van der Waals surface area contributed by atoms with E-state index in [4.69, 9.17) is 0 Å². The first-order valence-electron chi connectivity index (χ1n) is 7.58. The Labute approximate surface area is 111 Å². The largest absolute Gasteiger partial charge is 0.307 e. The van der Waals surface area contributed by atoms with Crippen molar-refractivity contribution >= 4 is 0 Å². The molecule has 2 aliphatic carbocycles. The lowest BCUT2D eigenvalue weighted by atomic mass is 9.73. The zero-order chi connectivity index (χ0) is 12.5. The van der Waals surface area contributed by atoms with Gasteiger partial charge in [0.15, 0.2) is 0 Å². The predicted molar refractivity (Wildman–Crippen MR) is 76.6 cm³/mol. The lowest BCUT2D eigenvalue weighted by Gasteiger charge is -2.41. The highest BCUT2D eigenvalue weighted by molar-refractivity contribution is 5.32. The van der Waals surface area contributed by atoms with Gasteiger partial charge in [0, 0.05) is 12.1 Å². The average molecular weight is 243 g/mol. The molecule has 0 saturated heterocycles. The highest BCUT2D eigenvalue weighted by Crippen LogP contribution is 2.37. The molecule has 1 unspecified atom stereocenters. The molecule has 98 valence electrons. The van der Waals surface area contributed by atoms with Crippen molar-refractivity contribution in [3.63, 3.8) is 0 Å². The summed E-state index contributed by atoms with van der Waals surface area (Å²) in [5.41, 5.74) is 3.14. The molecule has 0 spiro atoms. The second kappa shape index (κ2) is 5.05. The van der Waals surface area contributed by atoms with Crippen LogP contribution in [-0.4, -0.2) is 6.04 Å². The van der Waals surface area contributed by atoms with Crippen molar-refractivity contribution in [2.45, 2.75) is 58.0 Å². The molecule has 1 nitrogen and oxygen atoms in total. The summed E-state index contributed by atoms with van der Waals surface area (Å²) in [4.78, 5) is 0. The van der Waals surface area contributed by atoms with Gasteiger partial charge >= 0.3 is 0 Å². The molecule has 18 heavy (non-hydrogen) atoms. The van der Waals surface area contributed by atoms with Crippen LogP contribution in [0.1, 0.15) is 56.7 Å². The third-order valence-electron chi connectivity index (χ3n) is 4.92. The summed E-state index contributed by atoms with van der Waals surface area (Å²) >= 11 is 0. The van der Waals surface area contributed by atoms with Crippen molar-refractivity contribution in [1.29, 1.82) is 0 Å². The van der Waals surface area contributed by atoms with E-state index in [0.717, 1.165) is 17.9 Å². The van der Waals surface area contributed by atoms with Crippen LogP contribution in [0.25, 0.3) is 0 Å². The van der Waals surface area contributed by atoms with Crippen LogP contribution in [-0.2, 0) is 6.42 Å². The van der Waals surface area contributed by atoms with Crippen LogP contribution in [0.5, 0.6) is 0 Å². The number of benzene rings is 1. The van der Waals surface area contributed by atoms with E-state index in [1.165, 1.54) is 32.1 Å². The fourth-order valence-corrected chi connectivity index (χ4v) is 3.55. The van der Waals surface area contributed by atoms with Gasteiger partial charge in [0.1, 0.15) is 0 Å². The Balaban J connectivity index is 1.62. The quantitative estimate of drug-likeness (QED) is 0.843. The minimum atomic E-state index is 0.619. The Morgan fingerprint density at radius 3 is 2.72 bits per heavy atom. The van der Waals surface area contributed by atoms with E-state index in [9.17, 15) is 0 Å². The van der Waals surface area contributed by atoms with Crippen molar-refractivity contribution in [2.75, 3.05) is 0 Å². The molecule has 3 rings (SSSR count). The molecule has 1 N–H and O–H groups in total. The SMILES string of the molecule is CC(C)C1CC(NC2CCCc3ccccc32)C1. The molecule has 1 aromatic carbocycles. The lowest BCUT2D eigenvalue weighted by molar-refractivity contribution is 0.153. The molecule has 1 heteroatoms. The van der Waals surface area contributed by atoms with E-state index in [0.29, 0.717) is 6.04 Å². The van der Waals surface area contributed by atoms with Gasteiger partial charge in [0.25, 0.3) is 0 Å². The van der Waals surface area contributed by atoms with Gasteiger partial charge in [-0.1, -0.05) is 38.1 Å². The van der Waals surface area contributed by atoms with Crippen LogP contribution < -0.4 is 5.32 Å². The monoisotopic (exact) mass is 243 g/mol.